The molecular formula is C14H18N2OS. The van der Waals surface area contributed by atoms with E-state index in [1.807, 2.05) is 18.3 Å². The maximum absolute atomic E-state index is 5.04. The summed E-state index contributed by atoms with van der Waals surface area (Å²) in [6.07, 6.45) is 1.85. The highest BCUT2D eigenvalue weighted by Crippen LogP contribution is 2.23. The third-order valence-corrected chi connectivity index (χ3v) is 4.12. The Labute approximate surface area is 112 Å². The SMILES string of the molecule is COc1ccc(CNC(C)c2sccc2C)cn1. The molecule has 1 unspecified atom stereocenters. The summed E-state index contributed by atoms with van der Waals surface area (Å²) in [4.78, 5) is 5.60. The Hall–Kier alpha value is -1.39. The van der Waals surface area contributed by atoms with Crippen molar-refractivity contribution in [3.63, 3.8) is 0 Å². The monoisotopic (exact) mass is 262 g/mol. The molecule has 0 aromatic carbocycles. The van der Waals surface area contributed by atoms with Crippen molar-refractivity contribution < 1.29 is 4.74 Å². The molecule has 1 N–H and O–H groups in total. The molecule has 0 saturated heterocycles. The second-order valence-corrected chi connectivity index (χ2v) is 5.23. The highest BCUT2D eigenvalue weighted by atomic mass is 32.1. The Bertz CT molecular complexity index is 493. The molecule has 0 bridgehead atoms. The number of aryl methyl sites for hydroxylation is 1. The van der Waals surface area contributed by atoms with Crippen molar-refractivity contribution in [1.29, 1.82) is 0 Å². The molecule has 0 aliphatic rings. The Morgan fingerprint density at radius 1 is 1.39 bits per heavy atom. The summed E-state index contributed by atoms with van der Waals surface area (Å²) in [5, 5.41) is 5.65. The van der Waals surface area contributed by atoms with Gasteiger partial charge in [0.15, 0.2) is 0 Å². The second kappa shape index (κ2) is 5.98. The molecular weight excluding hydrogens is 244 g/mol. The van der Waals surface area contributed by atoms with Gasteiger partial charge in [-0.25, -0.2) is 4.98 Å². The third-order valence-electron chi connectivity index (χ3n) is 2.91. The van der Waals surface area contributed by atoms with Gasteiger partial charge in [-0.2, -0.15) is 0 Å². The van der Waals surface area contributed by atoms with E-state index in [2.05, 4.69) is 35.6 Å². The molecule has 96 valence electrons. The highest BCUT2D eigenvalue weighted by Gasteiger charge is 2.09. The minimum atomic E-state index is 0.368. The number of nitrogens with zero attached hydrogens (tertiary/aromatic N) is 1. The van der Waals surface area contributed by atoms with Gasteiger partial charge in [-0.05, 0) is 36.4 Å². The van der Waals surface area contributed by atoms with E-state index in [4.69, 9.17) is 4.74 Å². The lowest BCUT2D eigenvalue weighted by Crippen LogP contribution is -2.17. The van der Waals surface area contributed by atoms with Crippen LogP contribution in [-0.2, 0) is 6.54 Å². The van der Waals surface area contributed by atoms with E-state index >= 15 is 0 Å². The van der Waals surface area contributed by atoms with Gasteiger partial charge in [-0.15, -0.1) is 11.3 Å². The smallest absolute Gasteiger partial charge is 0.212 e. The Morgan fingerprint density at radius 2 is 2.22 bits per heavy atom. The first-order valence-corrected chi connectivity index (χ1v) is 6.85. The lowest BCUT2D eigenvalue weighted by molar-refractivity contribution is 0.397. The fourth-order valence-corrected chi connectivity index (χ4v) is 2.79. The van der Waals surface area contributed by atoms with Crippen LogP contribution in [-0.4, -0.2) is 12.1 Å². The Kier molecular flexibility index (Phi) is 4.33. The van der Waals surface area contributed by atoms with Gasteiger partial charge in [0.25, 0.3) is 0 Å². The van der Waals surface area contributed by atoms with E-state index in [-0.39, 0.29) is 0 Å². The predicted octanol–water partition coefficient (Wildman–Crippen LogP) is 3.31. The summed E-state index contributed by atoms with van der Waals surface area (Å²) in [5.74, 6) is 0.654. The van der Waals surface area contributed by atoms with Crippen LogP contribution in [0.1, 0.15) is 29.0 Å². The zero-order chi connectivity index (χ0) is 13.0. The van der Waals surface area contributed by atoms with Gasteiger partial charge in [-0.3, -0.25) is 0 Å². The number of pyridine rings is 1. The van der Waals surface area contributed by atoms with Gasteiger partial charge < -0.3 is 10.1 Å². The summed E-state index contributed by atoms with van der Waals surface area (Å²) in [7, 11) is 1.63. The number of methoxy groups -OCH3 is 1. The molecule has 0 aliphatic carbocycles. The molecule has 0 aliphatic heterocycles. The normalized spacial score (nSPS) is 12.4. The van der Waals surface area contributed by atoms with Gasteiger partial charge >= 0.3 is 0 Å². The van der Waals surface area contributed by atoms with Crippen LogP contribution in [0.15, 0.2) is 29.8 Å². The van der Waals surface area contributed by atoms with Crippen molar-refractivity contribution in [1.82, 2.24) is 10.3 Å². The molecule has 0 saturated carbocycles. The molecule has 0 amide bonds. The average molecular weight is 262 g/mol. The maximum Gasteiger partial charge on any atom is 0.212 e. The standard InChI is InChI=1S/C14H18N2OS/c1-10-6-7-18-14(10)11(2)15-8-12-4-5-13(17-3)16-9-12/h4-7,9,11,15H,8H2,1-3H3. The summed E-state index contributed by atoms with van der Waals surface area (Å²) >= 11 is 1.80. The van der Waals surface area contributed by atoms with Crippen LogP contribution in [0.25, 0.3) is 0 Å². The second-order valence-electron chi connectivity index (χ2n) is 4.28. The molecule has 0 spiro atoms. The fraction of sp³-hybridized carbons (Fsp3) is 0.357. The van der Waals surface area contributed by atoms with Gasteiger partial charge in [0.1, 0.15) is 0 Å². The zero-order valence-electron chi connectivity index (χ0n) is 10.9. The highest BCUT2D eigenvalue weighted by molar-refractivity contribution is 7.10. The first-order chi connectivity index (χ1) is 8.70. The summed E-state index contributed by atoms with van der Waals surface area (Å²) in [6.45, 7) is 5.16. The minimum Gasteiger partial charge on any atom is -0.481 e. The van der Waals surface area contributed by atoms with Crippen LogP contribution >= 0.6 is 11.3 Å². The van der Waals surface area contributed by atoms with E-state index in [9.17, 15) is 0 Å². The molecule has 18 heavy (non-hydrogen) atoms. The van der Waals surface area contributed by atoms with Gasteiger partial charge in [0, 0.05) is 29.7 Å². The summed E-state index contributed by atoms with van der Waals surface area (Å²) in [6, 6.07) is 6.45. The van der Waals surface area contributed by atoms with Crippen LogP contribution in [0.3, 0.4) is 0 Å². The molecule has 2 rings (SSSR count). The van der Waals surface area contributed by atoms with Crippen molar-refractivity contribution in [3.8, 4) is 5.88 Å². The minimum absolute atomic E-state index is 0.368. The van der Waals surface area contributed by atoms with Gasteiger partial charge in [-0.1, -0.05) is 6.07 Å². The number of rotatable bonds is 5. The van der Waals surface area contributed by atoms with Crippen molar-refractivity contribution in [2.75, 3.05) is 7.11 Å². The van der Waals surface area contributed by atoms with E-state index < -0.39 is 0 Å². The van der Waals surface area contributed by atoms with E-state index in [1.54, 1.807) is 18.4 Å². The van der Waals surface area contributed by atoms with Crippen molar-refractivity contribution >= 4 is 11.3 Å². The molecule has 2 heterocycles. The Morgan fingerprint density at radius 3 is 2.78 bits per heavy atom. The molecule has 1 atom stereocenters. The number of hydrogen-bond acceptors (Lipinski definition) is 4. The lowest BCUT2D eigenvalue weighted by atomic mass is 10.2. The number of ether oxygens (including phenoxy) is 1. The van der Waals surface area contributed by atoms with Crippen LogP contribution < -0.4 is 10.1 Å². The summed E-state index contributed by atoms with van der Waals surface area (Å²) < 4.78 is 5.04. The third kappa shape index (κ3) is 3.09. The first-order valence-electron chi connectivity index (χ1n) is 5.97. The Balaban J connectivity index is 1.93. The number of nitrogens with one attached hydrogen (secondary N) is 1. The number of thiophene rings is 1. The molecule has 4 heteroatoms. The first kappa shape index (κ1) is 13.1. The zero-order valence-corrected chi connectivity index (χ0v) is 11.8. The van der Waals surface area contributed by atoms with Crippen LogP contribution in [0, 0.1) is 6.92 Å². The van der Waals surface area contributed by atoms with E-state index in [0.29, 0.717) is 11.9 Å². The average Bonchev–Trinajstić information content (AvgIpc) is 2.83. The van der Waals surface area contributed by atoms with Crippen molar-refractivity contribution in [3.05, 3.63) is 45.8 Å². The number of hydrogen-bond donors (Lipinski definition) is 1. The molecule has 2 aromatic rings. The molecule has 2 aromatic heterocycles. The topological polar surface area (TPSA) is 34.1 Å². The van der Waals surface area contributed by atoms with Gasteiger partial charge in [0.2, 0.25) is 5.88 Å². The van der Waals surface area contributed by atoms with Crippen LogP contribution in [0.2, 0.25) is 0 Å². The maximum atomic E-state index is 5.04. The van der Waals surface area contributed by atoms with Gasteiger partial charge in [0.05, 0.1) is 7.11 Å². The fourth-order valence-electron chi connectivity index (χ4n) is 1.83. The lowest BCUT2D eigenvalue weighted by Gasteiger charge is -2.13. The van der Waals surface area contributed by atoms with E-state index in [1.165, 1.54) is 10.4 Å². The molecule has 0 radical (unpaired) electrons. The van der Waals surface area contributed by atoms with Crippen LogP contribution in [0.5, 0.6) is 5.88 Å². The molecule has 0 fully saturated rings. The largest absolute Gasteiger partial charge is 0.481 e. The summed E-state index contributed by atoms with van der Waals surface area (Å²) in [5.41, 5.74) is 2.52. The van der Waals surface area contributed by atoms with E-state index in [0.717, 1.165) is 12.1 Å². The van der Waals surface area contributed by atoms with Crippen LogP contribution in [0.4, 0.5) is 0 Å². The van der Waals surface area contributed by atoms with Crippen molar-refractivity contribution in [2.24, 2.45) is 0 Å². The number of aromatic nitrogens is 1. The quantitative estimate of drug-likeness (QED) is 0.897. The molecule has 3 nitrogen and oxygen atoms in total. The van der Waals surface area contributed by atoms with Crippen molar-refractivity contribution in [2.45, 2.75) is 26.4 Å². The predicted molar refractivity (Wildman–Crippen MR) is 75.1 cm³/mol.